The van der Waals surface area contributed by atoms with E-state index in [1.807, 2.05) is 31.2 Å². The number of halogens is 1. The maximum absolute atomic E-state index is 10.7. The Bertz CT molecular complexity index is 1290. The third kappa shape index (κ3) is 4.29. The number of non-ortho nitro benzene ring substituents is 1. The zero-order chi connectivity index (χ0) is 21.1. The molecule has 0 unspecified atom stereocenters. The monoisotopic (exact) mass is 417 g/mol. The number of aromatic nitrogens is 1. The highest BCUT2D eigenvalue weighted by molar-refractivity contribution is 6.31. The molecule has 7 heteroatoms. The number of aryl methyl sites for hydroxylation is 1. The Hall–Kier alpha value is -3.77. The summed E-state index contributed by atoms with van der Waals surface area (Å²) in [5.41, 5.74) is 4.91. The number of nitrogens with zero attached hydrogens (tertiary/aromatic N) is 3. The molecule has 0 aliphatic rings. The van der Waals surface area contributed by atoms with Crippen molar-refractivity contribution < 1.29 is 9.34 Å². The number of fused-ring (bicyclic) bond motifs is 1. The molecule has 0 fully saturated rings. The Labute approximate surface area is 177 Å². The van der Waals surface area contributed by atoms with Crippen molar-refractivity contribution in [2.45, 2.75) is 6.92 Å². The molecule has 0 N–H and O–H groups in total. The second-order valence-electron chi connectivity index (χ2n) is 6.62. The van der Waals surface area contributed by atoms with Gasteiger partial charge in [0.15, 0.2) is 5.58 Å². The predicted molar refractivity (Wildman–Crippen MR) is 119 cm³/mol. The van der Waals surface area contributed by atoms with E-state index in [-0.39, 0.29) is 5.69 Å². The average Bonchev–Trinajstić information content (AvgIpc) is 3.16. The number of rotatable bonds is 5. The Balaban J connectivity index is 1.54. The van der Waals surface area contributed by atoms with Crippen molar-refractivity contribution in [2.75, 3.05) is 0 Å². The largest absolute Gasteiger partial charge is 0.436 e. The third-order valence-electron chi connectivity index (χ3n) is 4.50. The van der Waals surface area contributed by atoms with Crippen LogP contribution in [0.25, 0.3) is 28.6 Å². The maximum Gasteiger partial charge on any atom is 0.269 e. The lowest BCUT2D eigenvalue weighted by Gasteiger charge is -2.02. The number of oxazole rings is 1. The van der Waals surface area contributed by atoms with Crippen LogP contribution in [0.15, 0.2) is 76.1 Å². The second-order valence-corrected chi connectivity index (χ2v) is 7.05. The van der Waals surface area contributed by atoms with E-state index < -0.39 is 4.92 Å². The van der Waals surface area contributed by atoms with Crippen LogP contribution in [0.1, 0.15) is 11.1 Å². The van der Waals surface area contributed by atoms with Crippen molar-refractivity contribution in [1.29, 1.82) is 0 Å². The van der Waals surface area contributed by atoms with Gasteiger partial charge in [0.1, 0.15) is 5.52 Å². The van der Waals surface area contributed by atoms with Gasteiger partial charge in [-0.3, -0.25) is 15.1 Å². The van der Waals surface area contributed by atoms with E-state index in [1.54, 1.807) is 42.6 Å². The van der Waals surface area contributed by atoms with E-state index in [1.165, 1.54) is 12.1 Å². The number of hydrogen-bond donors (Lipinski definition) is 0. The van der Waals surface area contributed by atoms with Gasteiger partial charge in [0.25, 0.3) is 5.69 Å². The zero-order valence-corrected chi connectivity index (χ0v) is 16.7. The molecule has 0 atom stereocenters. The molecule has 0 aliphatic carbocycles. The van der Waals surface area contributed by atoms with Crippen molar-refractivity contribution in [1.82, 2.24) is 4.98 Å². The smallest absolute Gasteiger partial charge is 0.269 e. The average molecular weight is 418 g/mol. The number of aliphatic imine (C=N–C) groups is 1. The fourth-order valence-electron chi connectivity index (χ4n) is 2.89. The van der Waals surface area contributed by atoms with Gasteiger partial charge in [-0.25, -0.2) is 4.98 Å². The Kier molecular flexibility index (Phi) is 5.41. The molecule has 6 nitrogen and oxygen atoms in total. The summed E-state index contributed by atoms with van der Waals surface area (Å²) >= 11 is 6.02. The summed E-state index contributed by atoms with van der Waals surface area (Å²) in [6.45, 7) is 1.97. The molecule has 1 heterocycles. The van der Waals surface area contributed by atoms with Crippen LogP contribution >= 0.6 is 11.6 Å². The predicted octanol–water partition coefficient (Wildman–Crippen LogP) is 6.78. The highest BCUT2D eigenvalue weighted by Gasteiger charge is 2.10. The summed E-state index contributed by atoms with van der Waals surface area (Å²) < 4.78 is 5.83. The summed E-state index contributed by atoms with van der Waals surface area (Å²) in [5, 5.41) is 11.3. The number of benzene rings is 3. The van der Waals surface area contributed by atoms with E-state index in [0.29, 0.717) is 22.0 Å². The first-order valence-electron chi connectivity index (χ1n) is 9.12. The maximum atomic E-state index is 10.7. The molecule has 3 aromatic carbocycles. The summed E-state index contributed by atoms with van der Waals surface area (Å²) in [6, 6.07) is 17.5. The first-order chi connectivity index (χ1) is 14.5. The minimum atomic E-state index is -0.420. The van der Waals surface area contributed by atoms with E-state index in [0.717, 1.165) is 22.4 Å². The van der Waals surface area contributed by atoms with Crippen LogP contribution in [0.2, 0.25) is 5.02 Å². The van der Waals surface area contributed by atoms with Crippen LogP contribution in [-0.4, -0.2) is 16.1 Å². The SMILES string of the molecule is Cc1ccc(-c2nc3cc(Cl)ccc3o2)cc1N=C/C=C/c1ccc([N+](=O)[O-])cc1. The quantitative estimate of drug-likeness (QED) is 0.203. The molecule has 0 saturated heterocycles. The highest BCUT2D eigenvalue weighted by Crippen LogP contribution is 2.30. The van der Waals surface area contributed by atoms with E-state index in [9.17, 15) is 10.1 Å². The van der Waals surface area contributed by atoms with E-state index in [2.05, 4.69) is 9.98 Å². The van der Waals surface area contributed by atoms with Crippen LogP contribution in [-0.2, 0) is 0 Å². The normalized spacial score (nSPS) is 11.7. The molecule has 0 spiro atoms. The van der Waals surface area contributed by atoms with Gasteiger partial charge >= 0.3 is 0 Å². The number of hydrogen-bond acceptors (Lipinski definition) is 5. The Morgan fingerprint density at radius 1 is 1.10 bits per heavy atom. The molecule has 30 heavy (non-hydrogen) atoms. The van der Waals surface area contributed by atoms with Crippen molar-refractivity contribution in [3.8, 4) is 11.5 Å². The third-order valence-corrected chi connectivity index (χ3v) is 4.73. The molecular formula is C23H16ClN3O3. The molecular weight excluding hydrogens is 402 g/mol. The van der Waals surface area contributed by atoms with E-state index in [4.69, 9.17) is 16.0 Å². The minimum Gasteiger partial charge on any atom is -0.436 e. The van der Waals surface area contributed by atoms with Crippen molar-refractivity contribution in [3.05, 3.63) is 93.0 Å². The lowest BCUT2D eigenvalue weighted by Crippen LogP contribution is -1.86. The van der Waals surface area contributed by atoms with Crippen LogP contribution < -0.4 is 0 Å². The van der Waals surface area contributed by atoms with Gasteiger partial charge in [0.05, 0.1) is 10.6 Å². The topological polar surface area (TPSA) is 81.5 Å². The second kappa shape index (κ2) is 8.31. The molecule has 0 saturated carbocycles. The van der Waals surface area contributed by atoms with Gasteiger partial charge in [-0.15, -0.1) is 0 Å². The molecule has 0 radical (unpaired) electrons. The fraction of sp³-hybridized carbons (Fsp3) is 0.0435. The molecule has 148 valence electrons. The van der Waals surface area contributed by atoms with Crippen molar-refractivity contribution in [3.63, 3.8) is 0 Å². The molecule has 4 aromatic rings. The Morgan fingerprint density at radius 3 is 2.67 bits per heavy atom. The zero-order valence-electron chi connectivity index (χ0n) is 15.9. The van der Waals surface area contributed by atoms with E-state index >= 15 is 0 Å². The van der Waals surface area contributed by atoms with Gasteiger partial charge in [-0.1, -0.05) is 23.7 Å². The lowest BCUT2D eigenvalue weighted by atomic mass is 10.1. The van der Waals surface area contributed by atoms with Gasteiger partial charge in [0, 0.05) is 28.9 Å². The van der Waals surface area contributed by atoms with Gasteiger partial charge < -0.3 is 4.42 Å². The Morgan fingerprint density at radius 2 is 1.90 bits per heavy atom. The van der Waals surface area contributed by atoms with Crippen molar-refractivity contribution >= 4 is 46.4 Å². The fourth-order valence-corrected chi connectivity index (χ4v) is 3.06. The molecule has 0 bridgehead atoms. The first-order valence-corrected chi connectivity index (χ1v) is 9.50. The highest BCUT2D eigenvalue weighted by atomic mass is 35.5. The van der Waals surface area contributed by atoms with Crippen LogP contribution in [0.4, 0.5) is 11.4 Å². The molecule has 0 aliphatic heterocycles. The number of nitro benzene ring substituents is 1. The lowest BCUT2D eigenvalue weighted by molar-refractivity contribution is -0.384. The van der Waals surface area contributed by atoms with Gasteiger partial charge in [-0.05, 0) is 66.6 Å². The van der Waals surface area contributed by atoms with Crippen LogP contribution in [0.3, 0.4) is 0 Å². The van der Waals surface area contributed by atoms with Crippen LogP contribution in [0, 0.1) is 17.0 Å². The number of nitro groups is 1. The summed E-state index contributed by atoms with van der Waals surface area (Å²) in [7, 11) is 0. The standard InChI is InChI=1S/C23H16ClN3O3/c1-15-4-7-17(23-26-21-14-18(24)8-11-22(21)30-23)13-20(15)25-12-2-3-16-5-9-19(10-6-16)27(28)29/h2-14H,1H3/b3-2+,25-12?. The number of allylic oxidation sites excluding steroid dienone is 1. The molecule has 0 amide bonds. The molecule has 4 rings (SSSR count). The van der Waals surface area contributed by atoms with Gasteiger partial charge in [-0.2, -0.15) is 0 Å². The van der Waals surface area contributed by atoms with Gasteiger partial charge in [0.2, 0.25) is 5.89 Å². The minimum absolute atomic E-state index is 0.0646. The van der Waals surface area contributed by atoms with Crippen molar-refractivity contribution in [2.24, 2.45) is 4.99 Å². The summed E-state index contributed by atoms with van der Waals surface area (Å²) in [5.74, 6) is 0.505. The summed E-state index contributed by atoms with van der Waals surface area (Å²) in [4.78, 5) is 19.3. The molecule has 1 aromatic heterocycles. The first kappa shape index (κ1) is 19.5. The summed E-state index contributed by atoms with van der Waals surface area (Å²) in [6.07, 6.45) is 5.30. The van der Waals surface area contributed by atoms with Crippen LogP contribution in [0.5, 0.6) is 0 Å².